The maximum Gasteiger partial charge on any atom is 0.416 e. The minimum absolute atomic E-state index is 0.00976. The summed E-state index contributed by atoms with van der Waals surface area (Å²) in [5, 5.41) is 7.98. The average Bonchev–Trinajstić information content (AvgIpc) is 3.08. The first-order valence-electron chi connectivity index (χ1n) is 10.1. The zero-order valence-corrected chi connectivity index (χ0v) is 17.7. The lowest BCUT2D eigenvalue weighted by atomic mass is 9.91. The van der Waals surface area contributed by atoms with E-state index in [0.717, 1.165) is 66.4 Å². The fourth-order valence-corrected chi connectivity index (χ4v) is 5.03. The van der Waals surface area contributed by atoms with E-state index in [9.17, 15) is 18.0 Å². The lowest BCUT2D eigenvalue weighted by Gasteiger charge is -2.27. The standard InChI is InChI=1S/C21H25F3N4OS/c1-27-18-7-6-16(25-13-14-2-4-15(5-3-14)21(22,23)24)12-17(18)19(26-27)20(29)28-8-10-30-11-9-28/h2-5,16,25H,6-13H2,1H3. The third-order valence-corrected chi connectivity index (χ3v) is 6.77. The number of nitrogens with one attached hydrogen (secondary N) is 1. The number of nitrogens with zero attached hydrogens (tertiary/aromatic N) is 3. The molecule has 2 heterocycles. The second-order valence-corrected chi connectivity index (χ2v) is 9.04. The molecular weight excluding hydrogens is 413 g/mol. The summed E-state index contributed by atoms with van der Waals surface area (Å²) in [5.41, 5.74) is 2.85. The Hall–Kier alpha value is -2.00. The van der Waals surface area contributed by atoms with Crippen molar-refractivity contribution in [1.82, 2.24) is 20.0 Å². The highest BCUT2D eigenvalue weighted by atomic mass is 32.2. The first kappa shape index (κ1) is 21.2. The Labute approximate surface area is 178 Å². The summed E-state index contributed by atoms with van der Waals surface area (Å²) in [6, 6.07) is 5.41. The van der Waals surface area contributed by atoms with Crippen LogP contribution in [0.15, 0.2) is 24.3 Å². The van der Waals surface area contributed by atoms with E-state index in [2.05, 4.69) is 10.4 Å². The molecule has 2 aromatic rings. The zero-order chi connectivity index (χ0) is 21.3. The van der Waals surface area contributed by atoms with Gasteiger partial charge in [-0.25, -0.2) is 0 Å². The van der Waals surface area contributed by atoms with Crippen LogP contribution in [-0.2, 0) is 32.6 Å². The molecule has 1 unspecified atom stereocenters. The second-order valence-electron chi connectivity index (χ2n) is 7.82. The monoisotopic (exact) mass is 438 g/mol. The van der Waals surface area contributed by atoms with Gasteiger partial charge in [-0.2, -0.15) is 30.0 Å². The van der Waals surface area contributed by atoms with Gasteiger partial charge in [-0.1, -0.05) is 12.1 Å². The number of alkyl halides is 3. The summed E-state index contributed by atoms with van der Waals surface area (Å²) >= 11 is 1.86. The molecule has 1 amide bonds. The summed E-state index contributed by atoms with van der Waals surface area (Å²) in [6.07, 6.45) is -1.89. The highest BCUT2D eigenvalue weighted by Gasteiger charge is 2.31. The van der Waals surface area contributed by atoms with Gasteiger partial charge in [-0.05, 0) is 37.0 Å². The molecule has 2 aliphatic rings. The topological polar surface area (TPSA) is 50.2 Å². The maximum absolute atomic E-state index is 13.0. The normalized spacial score (nSPS) is 19.6. The van der Waals surface area contributed by atoms with Gasteiger partial charge in [0.15, 0.2) is 5.69 Å². The highest BCUT2D eigenvalue weighted by Crippen LogP contribution is 2.29. The molecular formula is C21H25F3N4OS. The number of hydrogen-bond donors (Lipinski definition) is 1. The van der Waals surface area contributed by atoms with Gasteiger partial charge in [0.1, 0.15) is 0 Å². The zero-order valence-electron chi connectivity index (χ0n) is 16.8. The Morgan fingerprint density at radius 3 is 2.60 bits per heavy atom. The predicted molar refractivity (Wildman–Crippen MR) is 111 cm³/mol. The van der Waals surface area contributed by atoms with Crippen LogP contribution in [0.2, 0.25) is 0 Å². The van der Waals surface area contributed by atoms with Crippen molar-refractivity contribution in [3.05, 3.63) is 52.3 Å². The van der Waals surface area contributed by atoms with E-state index < -0.39 is 11.7 Å². The van der Waals surface area contributed by atoms with Gasteiger partial charge >= 0.3 is 6.18 Å². The van der Waals surface area contributed by atoms with E-state index in [0.29, 0.717) is 18.7 Å². The number of hydrogen-bond acceptors (Lipinski definition) is 4. The molecule has 0 saturated carbocycles. The fourth-order valence-electron chi connectivity index (χ4n) is 4.13. The van der Waals surface area contributed by atoms with Crippen LogP contribution in [0.4, 0.5) is 13.2 Å². The van der Waals surface area contributed by atoms with Crippen LogP contribution in [-0.4, -0.2) is 51.2 Å². The van der Waals surface area contributed by atoms with Gasteiger partial charge in [0.05, 0.1) is 5.56 Å². The Morgan fingerprint density at radius 2 is 1.93 bits per heavy atom. The summed E-state index contributed by atoms with van der Waals surface area (Å²) < 4.78 is 40.0. The molecule has 1 atom stereocenters. The molecule has 1 aromatic heterocycles. The van der Waals surface area contributed by atoms with Crippen LogP contribution >= 0.6 is 11.8 Å². The number of thioether (sulfide) groups is 1. The van der Waals surface area contributed by atoms with Gasteiger partial charge in [0, 0.05) is 55.5 Å². The van der Waals surface area contributed by atoms with E-state index in [1.54, 1.807) is 0 Å². The van der Waals surface area contributed by atoms with E-state index in [1.807, 2.05) is 28.4 Å². The molecule has 1 aliphatic carbocycles. The van der Waals surface area contributed by atoms with Crippen molar-refractivity contribution in [2.45, 2.75) is 38.0 Å². The van der Waals surface area contributed by atoms with Crippen molar-refractivity contribution >= 4 is 17.7 Å². The quantitative estimate of drug-likeness (QED) is 0.796. The van der Waals surface area contributed by atoms with Crippen LogP contribution < -0.4 is 5.32 Å². The third kappa shape index (κ3) is 4.51. The first-order chi connectivity index (χ1) is 14.3. The molecule has 0 bridgehead atoms. The van der Waals surface area contributed by atoms with Crippen LogP contribution in [0.1, 0.15) is 39.3 Å². The molecule has 30 heavy (non-hydrogen) atoms. The predicted octanol–water partition coefficient (Wildman–Crippen LogP) is 3.28. The number of aromatic nitrogens is 2. The van der Waals surface area contributed by atoms with E-state index in [-0.39, 0.29) is 11.9 Å². The Morgan fingerprint density at radius 1 is 1.23 bits per heavy atom. The number of amides is 1. The first-order valence-corrected chi connectivity index (χ1v) is 11.3. The summed E-state index contributed by atoms with van der Waals surface area (Å²) in [4.78, 5) is 14.9. The number of carbonyl (C=O) groups excluding carboxylic acids is 1. The van der Waals surface area contributed by atoms with E-state index >= 15 is 0 Å². The molecule has 1 fully saturated rings. The molecule has 1 N–H and O–H groups in total. The molecule has 162 valence electrons. The second kappa shape index (κ2) is 8.63. The minimum atomic E-state index is -4.32. The summed E-state index contributed by atoms with van der Waals surface area (Å²) in [5.74, 6) is 1.92. The number of carbonyl (C=O) groups is 1. The SMILES string of the molecule is Cn1nc(C(=O)N2CCSCC2)c2c1CCC(NCc1ccc(C(F)(F)F)cc1)C2. The Balaban J connectivity index is 1.42. The smallest absolute Gasteiger partial charge is 0.336 e. The molecule has 9 heteroatoms. The van der Waals surface area contributed by atoms with E-state index in [1.165, 1.54) is 12.1 Å². The minimum Gasteiger partial charge on any atom is -0.336 e. The van der Waals surface area contributed by atoms with Crippen molar-refractivity contribution in [2.24, 2.45) is 7.05 Å². The van der Waals surface area contributed by atoms with Crippen molar-refractivity contribution < 1.29 is 18.0 Å². The van der Waals surface area contributed by atoms with Gasteiger partial charge in [0.2, 0.25) is 0 Å². The molecule has 1 aliphatic heterocycles. The van der Waals surface area contributed by atoms with Crippen LogP contribution in [0, 0.1) is 0 Å². The Bertz CT molecular complexity index is 904. The number of fused-ring (bicyclic) bond motifs is 1. The lowest BCUT2D eigenvalue weighted by Crippen LogP contribution is -2.39. The van der Waals surface area contributed by atoms with Crippen molar-refractivity contribution in [3.8, 4) is 0 Å². The van der Waals surface area contributed by atoms with Crippen LogP contribution in [0.25, 0.3) is 0 Å². The fraction of sp³-hybridized carbons (Fsp3) is 0.524. The third-order valence-electron chi connectivity index (χ3n) is 5.83. The number of aryl methyl sites for hydroxylation is 1. The van der Waals surface area contributed by atoms with Gasteiger partial charge in [0.25, 0.3) is 5.91 Å². The van der Waals surface area contributed by atoms with Crippen molar-refractivity contribution in [1.29, 1.82) is 0 Å². The number of halogens is 3. The molecule has 4 rings (SSSR count). The molecule has 5 nitrogen and oxygen atoms in total. The van der Waals surface area contributed by atoms with Gasteiger partial charge in [-0.3, -0.25) is 9.48 Å². The Kier molecular flexibility index (Phi) is 6.11. The average molecular weight is 439 g/mol. The van der Waals surface area contributed by atoms with Crippen molar-refractivity contribution in [2.75, 3.05) is 24.6 Å². The van der Waals surface area contributed by atoms with Gasteiger partial charge < -0.3 is 10.2 Å². The largest absolute Gasteiger partial charge is 0.416 e. The van der Waals surface area contributed by atoms with Crippen LogP contribution in [0.5, 0.6) is 0 Å². The summed E-state index contributed by atoms with van der Waals surface area (Å²) in [6.45, 7) is 2.00. The number of rotatable bonds is 4. The summed E-state index contributed by atoms with van der Waals surface area (Å²) in [7, 11) is 1.89. The van der Waals surface area contributed by atoms with Gasteiger partial charge in [-0.15, -0.1) is 0 Å². The highest BCUT2D eigenvalue weighted by molar-refractivity contribution is 7.99. The molecule has 0 spiro atoms. The maximum atomic E-state index is 13.0. The van der Waals surface area contributed by atoms with Crippen LogP contribution in [0.3, 0.4) is 0 Å². The van der Waals surface area contributed by atoms with Crippen molar-refractivity contribution in [3.63, 3.8) is 0 Å². The molecule has 0 radical (unpaired) electrons. The lowest BCUT2D eigenvalue weighted by molar-refractivity contribution is -0.137. The molecule has 1 saturated heterocycles. The number of benzene rings is 1. The van der Waals surface area contributed by atoms with E-state index in [4.69, 9.17) is 0 Å². The molecule has 1 aromatic carbocycles.